The molecule has 1 heterocycles. The summed E-state index contributed by atoms with van der Waals surface area (Å²) in [4.78, 5) is 16.5. The summed E-state index contributed by atoms with van der Waals surface area (Å²) < 4.78 is 7.90. The molecule has 0 N–H and O–H groups in total. The third-order valence-electron chi connectivity index (χ3n) is 2.57. The number of ether oxygens (including phenoxy) is 1. The fraction of sp³-hybridized carbons (Fsp3) is 0.385. The molecule has 1 aromatic heterocycles. The van der Waals surface area contributed by atoms with E-state index >= 15 is 0 Å². The molecular weight excluding hydrogens is 296 g/mol. The Kier molecular flexibility index (Phi) is 4.14. The highest BCUT2D eigenvalue weighted by Crippen LogP contribution is 2.14. The van der Waals surface area contributed by atoms with Crippen LogP contribution in [-0.4, -0.2) is 22.3 Å². The van der Waals surface area contributed by atoms with Gasteiger partial charge in [-0.15, -0.1) is 0 Å². The number of rotatable bonds is 4. The van der Waals surface area contributed by atoms with Gasteiger partial charge >= 0.3 is 0 Å². The second-order valence-electron chi connectivity index (χ2n) is 4.32. The molecule has 0 amide bonds. The van der Waals surface area contributed by atoms with E-state index in [0.29, 0.717) is 24.1 Å². The lowest BCUT2D eigenvalue weighted by Crippen LogP contribution is -2.23. The lowest BCUT2D eigenvalue weighted by atomic mass is 10.2. The summed E-state index contributed by atoms with van der Waals surface area (Å²) in [5.41, 5.74) is 0.679. The van der Waals surface area contributed by atoms with Crippen molar-refractivity contribution >= 4 is 26.8 Å². The number of aromatic nitrogens is 2. The minimum atomic E-state index is -0.0337. The molecule has 4 nitrogen and oxygen atoms in total. The maximum Gasteiger partial charge on any atom is 0.261 e. The zero-order valence-corrected chi connectivity index (χ0v) is 12.0. The van der Waals surface area contributed by atoms with Crippen molar-refractivity contribution < 1.29 is 4.74 Å². The van der Waals surface area contributed by atoms with Crippen molar-refractivity contribution in [3.05, 3.63) is 39.4 Å². The van der Waals surface area contributed by atoms with Crippen molar-refractivity contribution in [2.24, 2.45) is 0 Å². The first-order valence-corrected chi connectivity index (χ1v) is 6.63. The zero-order valence-electron chi connectivity index (χ0n) is 10.4. The van der Waals surface area contributed by atoms with Gasteiger partial charge in [-0.2, -0.15) is 0 Å². The monoisotopic (exact) mass is 310 g/mol. The molecule has 0 unspecified atom stereocenters. The molecule has 2 aromatic rings. The van der Waals surface area contributed by atoms with Gasteiger partial charge in [-0.3, -0.25) is 9.36 Å². The number of halogens is 1. The van der Waals surface area contributed by atoms with Gasteiger partial charge in [-0.25, -0.2) is 4.98 Å². The van der Waals surface area contributed by atoms with Crippen molar-refractivity contribution in [1.29, 1.82) is 0 Å². The number of hydrogen-bond donors (Lipinski definition) is 0. The molecule has 5 heteroatoms. The summed E-state index contributed by atoms with van der Waals surface area (Å²) in [6.45, 7) is 4.97. The molecule has 18 heavy (non-hydrogen) atoms. The van der Waals surface area contributed by atoms with Gasteiger partial charge < -0.3 is 4.74 Å². The van der Waals surface area contributed by atoms with Crippen molar-refractivity contribution in [3.63, 3.8) is 0 Å². The summed E-state index contributed by atoms with van der Waals surface area (Å²) in [5.74, 6) is 0. The molecule has 96 valence electrons. The summed E-state index contributed by atoms with van der Waals surface area (Å²) >= 11 is 3.36. The van der Waals surface area contributed by atoms with E-state index in [9.17, 15) is 4.79 Å². The third-order valence-corrected chi connectivity index (χ3v) is 3.06. The van der Waals surface area contributed by atoms with Gasteiger partial charge in [0.1, 0.15) is 0 Å². The minimum absolute atomic E-state index is 0.0337. The predicted molar refractivity (Wildman–Crippen MR) is 74.8 cm³/mol. The predicted octanol–water partition coefficient (Wildman–Crippen LogP) is 2.58. The number of hydrogen-bond acceptors (Lipinski definition) is 3. The molecule has 2 rings (SSSR count). The van der Waals surface area contributed by atoms with E-state index in [0.717, 1.165) is 4.47 Å². The SMILES string of the molecule is CC(C)OCCn1cnc2ccc(Br)cc2c1=O. The van der Waals surface area contributed by atoms with E-state index in [1.165, 1.54) is 0 Å². The Morgan fingerprint density at radius 2 is 2.22 bits per heavy atom. The Morgan fingerprint density at radius 1 is 1.44 bits per heavy atom. The van der Waals surface area contributed by atoms with Crippen molar-refractivity contribution in [2.45, 2.75) is 26.5 Å². The van der Waals surface area contributed by atoms with E-state index in [2.05, 4.69) is 20.9 Å². The highest BCUT2D eigenvalue weighted by molar-refractivity contribution is 9.10. The van der Waals surface area contributed by atoms with Crippen molar-refractivity contribution in [3.8, 4) is 0 Å². The maximum absolute atomic E-state index is 12.2. The van der Waals surface area contributed by atoms with Crippen LogP contribution in [0, 0.1) is 0 Å². The molecule has 1 aromatic carbocycles. The summed E-state index contributed by atoms with van der Waals surface area (Å²) in [7, 11) is 0. The third kappa shape index (κ3) is 2.97. The molecule has 0 spiro atoms. The van der Waals surface area contributed by atoms with Crippen LogP contribution in [0.5, 0.6) is 0 Å². The maximum atomic E-state index is 12.2. The first kappa shape index (κ1) is 13.2. The second-order valence-corrected chi connectivity index (χ2v) is 5.24. The molecule has 0 saturated carbocycles. The zero-order chi connectivity index (χ0) is 13.1. The van der Waals surface area contributed by atoms with Gasteiger partial charge in [0.25, 0.3) is 5.56 Å². The lowest BCUT2D eigenvalue weighted by molar-refractivity contribution is 0.0722. The molecule has 0 aliphatic rings. The number of benzene rings is 1. The first-order chi connectivity index (χ1) is 8.58. The quantitative estimate of drug-likeness (QED) is 0.872. The molecule has 0 radical (unpaired) electrons. The first-order valence-electron chi connectivity index (χ1n) is 5.84. The van der Waals surface area contributed by atoms with E-state index in [1.54, 1.807) is 17.0 Å². The number of fused-ring (bicyclic) bond motifs is 1. The molecular formula is C13H15BrN2O2. The fourth-order valence-electron chi connectivity index (χ4n) is 1.68. The van der Waals surface area contributed by atoms with Crippen LogP contribution in [0.4, 0.5) is 0 Å². The lowest BCUT2D eigenvalue weighted by Gasteiger charge is -2.09. The average Bonchev–Trinajstić information content (AvgIpc) is 2.32. The molecule has 0 saturated heterocycles. The highest BCUT2D eigenvalue weighted by atomic mass is 79.9. The van der Waals surface area contributed by atoms with Crippen LogP contribution in [0.15, 0.2) is 33.8 Å². The molecule has 0 fully saturated rings. The fourth-order valence-corrected chi connectivity index (χ4v) is 2.04. The van der Waals surface area contributed by atoms with Gasteiger partial charge in [-0.1, -0.05) is 15.9 Å². The standard InChI is InChI=1S/C13H15BrN2O2/c1-9(2)18-6-5-16-8-15-12-4-3-10(14)7-11(12)13(16)17/h3-4,7-9H,5-6H2,1-2H3. The average molecular weight is 311 g/mol. The Hall–Kier alpha value is -1.20. The Balaban J connectivity index is 2.30. The Labute approximate surface area is 114 Å². The second kappa shape index (κ2) is 5.63. The smallest absolute Gasteiger partial charge is 0.261 e. The highest BCUT2D eigenvalue weighted by Gasteiger charge is 2.04. The van der Waals surface area contributed by atoms with Crippen molar-refractivity contribution in [2.75, 3.05) is 6.61 Å². The summed E-state index contributed by atoms with van der Waals surface area (Å²) in [6, 6.07) is 5.50. The van der Waals surface area contributed by atoms with Crippen LogP contribution in [-0.2, 0) is 11.3 Å². The van der Waals surface area contributed by atoms with E-state index in [1.807, 2.05) is 26.0 Å². The molecule has 0 bridgehead atoms. The number of nitrogens with zero attached hydrogens (tertiary/aromatic N) is 2. The molecule has 0 atom stereocenters. The summed E-state index contributed by atoms with van der Waals surface area (Å²) in [5, 5.41) is 0.622. The van der Waals surface area contributed by atoms with Crippen LogP contribution in [0.25, 0.3) is 10.9 Å². The Morgan fingerprint density at radius 3 is 2.94 bits per heavy atom. The van der Waals surface area contributed by atoms with E-state index < -0.39 is 0 Å². The summed E-state index contributed by atoms with van der Waals surface area (Å²) in [6.07, 6.45) is 1.74. The van der Waals surface area contributed by atoms with Gasteiger partial charge in [0.15, 0.2) is 0 Å². The molecule has 0 aliphatic heterocycles. The van der Waals surface area contributed by atoms with Crippen LogP contribution in [0.3, 0.4) is 0 Å². The van der Waals surface area contributed by atoms with Crippen molar-refractivity contribution in [1.82, 2.24) is 9.55 Å². The van der Waals surface area contributed by atoms with Crippen LogP contribution in [0.1, 0.15) is 13.8 Å². The van der Waals surface area contributed by atoms with Gasteiger partial charge in [0, 0.05) is 4.47 Å². The molecule has 0 aliphatic carbocycles. The van der Waals surface area contributed by atoms with Crippen LogP contribution >= 0.6 is 15.9 Å². The van der Waals surface area contributed by atoms with Gasteiger partial charge in [0.05, 0.1) is 36.5 Å². The topological polar surface area (TPSA) is 44.1 Å². The van der Waals surface area contributed by atoms with E-state index in [4.69, 9.17) is 4.74 Å². The largest absolute Gasteiger partial charge is 0.377 e. The minimum Gasteiger partial charge on any atom is -0.377 e. The normalized spacial score (nSPS) is 11.3. The van der Waals surface area contributed by atoms with Gasteiger partial charge in [0.2, 0.25) is 0 Å². The van der Waals surface area contributed by atoms with E-state index in [-0.39, 0.29) is 11.7 Å². The van der Waals surface area contributed by atoms with Crippen LogP contribution in [0.2, 0.25) is 0 Å². The van der Waals surface area contributed by atoms with Crippen LogP contribution < -0.4 is 5.56 Å². The Bertz CT molecular complexity index is 607. The van der Waals surface area contributed by atoms with Gasteiger partial charge in [-0.05, 0) is 32.0 Å².